The van der Waals surface area contributed by atoms with E-state index in [4.69, 9.17) is 0 Å². The lowest BCUT2D eigenvalue weighted by Gasteiger charge is -2.26. The number of carbonyl (C=O) groups is 4. The van der Waals surface area contributed by atoms with E-state index in [1.807, 2.05) is 13.8 Å². The summed E-state index contributed by atoms with van der Waals surface area (Å²) in [7, 11) is -2.33. The molecule has 0 saturated heterocycles. The maximum absolute atomic E-state index is 13.3. The summed E-state index contributed by atoms with van der Waals surface area (Å²) in [5.74, 6) is -1.29. The molecule has 1 aromatic heterocycles. The molecule has 0 saturated carbocycles. The molecule has 0 atom stereocenters. The van der Waals surface area contributed by atoms with Gasteiger partial charge in [-0.05, 0) is 49.1 Å². The molecule has 40 heavy (non-hydrogen) atoms. The van der Waals surface area contributed by atoms with Gasteiger partial charge in [0.15, 0.2) is 0 Å². The average Bonchev–Trinajstić information content (AvgIpc) is 3.29. The number of hydrogen-bond donors (Lipinski definition) is 3. The van der Waals surface area contributed by atoms with Crippen LogP contribution in [-0.4, -0.2) is 68.1 Å². The van der Waals surface area contributed by atoms with Crippen molar-refractivity contribution in [3.05, 3.63) is 45.8 Å². The van der Waals surface area contributed by atoms with Crippen molar-refractivity contribution in [1.29, 1.82) is 0 Å². The van der Waals surface area contributed by atoms with Gasteiger partial charge in [0.2, 0.25) is 15.9 Å². The fraction of sp³-hybridized carbons (Fsp3) is 0.481. The number of carbonyl (C=O) groups excluding carboxylic acids is 4. The number of sulfonamides is 1. The van der Waals surface area contributed by atoms with Crippen molar-refractivity contribution in [2.75, 3.05) is 32.0 Å². The molecule has 0 spiro atoms. The number of fused-ring (bicyclic) bond motifs is 1. The van der Waals surface area contributed by atoms with Gasteiger partial charge in [0.05, 0.1) is 17.0 Å². The second-order valence-electron chi connectivity index (χ2n) is 9.52. The van der Waals surface area contributed by atoms with E-state index in [2.05, 4.69) is 16.0 Å². The molecule has 3 N–H and O–H groups in total. The minimum Gasteiger partial charge on any atom is -0.341 e. The van der Waals surface area contributed by atoms with Gasteiger partial charge in [-0.3, -0.25) is 19.7 Å². The Morgan fingerprint density at radius 1 is 1.00 bits per heavy atom. The van der Waals surface area contributed by atoms with E-state index in [0.29, 0.717) is 38.2 Å². The van der Waals surface area contributed by atoms with Gasteiger partial charge in [-0.25, -0.2) is 13.2 Å². The van der Waals surface area contributed by atoms with E-state index in [0.717, 1.165) is 30.6 Å². The van der Waals surface area contributed by atoms with Crippen molar-refractivity contribution in [1.82, 2.24) is 19.8 Å². The Hall–Kier alpha value is -3.29. The number of nitrogens with zero attached hydrogens (tertiary/aromatic N) is 2. The van der Waals surface area contributed by atoms with Crippen LogP contribution in [0.4, 0.5) is 9.80 Å². The van der Waals surface area contributed by atoms with Crippen LogP contribution in [0.2, 0.25) is 0 Å². The zero-order valence-corrected chi connectivity index (χ0v) is 25.0. The molecule has 0 radical (unpaired) electrons. The van der Waals surface area contributed by atoms with Crippen molar-refractivity contribution in [2.45, 2.75) is 64.3 Å². The topological polar surface area (TPSA) is 145 Å². The number of rotatable bonds is 11. The standard InChI is InChI=1S/C27H37N5O6S2/c1-5-7-14-32(15-8-6-2)40(37,38)20-11-9-19(10-12-20)24(34)29-26-23(25(35)30-27(36)28-4)21-13-16-31(18(3)33)17-22(21)39-26/h9-12H,5-8,13-17H2,1-4H3,(H,29,34)(H2,28,30,35,36). The molecule has 2 aromatic rings. The molecule has 0 unspecified atom stereocenters. The number of hydrogen-bond acceptors (Lipinski definition) is 7. The fourth-order valence-electron chi connectivity index (χ4n) is 4.35. The number of anilines is 1. The van der Waals surface area contributed by atoms with E-state index in [1.165, 1.54) is 53.9 Å². The summed E-state index contributed by atoms with van der Waals surface area (Å²) >= 11 is 1.17. The van der Waals surface area contributed by atoms with Gasteiger partial charge in [-0.15, -0.1) is 11.3 Å². The summed E-state index contributed by atoms with van der Waals surface area (Å²) in [5.41, 5.74) is 1.07. The third-order valence-corrected chi connectivity index (χ3v) is 9.73. The Morgan fingerprint density at radius 2 is 1.62 bits per heavy atom. The van der Waals surface area contributed by atoms with Crippen LogP contribution in [0.25, 0.3) is 0 Å². The lowest BCUT2D eigenvalue weighted by atomic mass is 10.0. The maximum Gasteiger partial charge on any atom is 0.321 e. The van der Waals surface area contributed by atoms with Crippen LogP contribution in [0.5, 0.6) is 0 Å². The molecule has 0 bridgehead atoms. The van der Waals surface area contributed by atoms with Gasteiger partial charge < -0.3 is 15.5 Å². The number of nitrogens with one attached hydrogen (secondary N) is 3. The largest absolute Gasteiger partial charge is 0.341 e. The van der Waals surface area contributed by atoms with Crippen LogP contribution in [0, 0.1) is 0 Å². The van der Waals surface area contributed by atoms with Crippen LogP contribution in [0.1, 0.15) is 77.6 Å². The Morgan fingerprint density at radius 3 is 2.17 bits per heavy atom. The van der Waals surface area contributed by atoms with Crippen molar-refractivity contribution < 1.29 is 27.6 Å². The van der Waals surface area contributed by atoms with E-state index < -0.39 is 27.9 Å². The van der Waals surface area contributed by atoms with E-state index in [1.54, 1.807) is 4.90 Å². The quantitative estimate of drug-likeness (QED) is 0.364. The summed E-state index contributed by atoms with van der Waals surface area (Å²) in [6.45, 7) is 7.07. The van der Waals surface area contributed by atoms with Gasteiger partial charge in [0.1, 0.15) is 5.00 Å². The molecule has 13 heteroatoms. The van der Waals surface area contributed by atoms with Crippen LogP contribution < -0.4 is 16.0 Å². The van der Waals surface area contributed by atoms with Gasteiger partial charge in [-0.1, -0.05) is 26.7 Å². The third kappa shape index (κ3) is 7.26. The lowest BCUT2D eigenvalue weighted by molar-refractivity contribution is -0.129. The molecular weight excluding hydrogens is 554 g/mol. The third-order valence-electron chi connectivity index (χ3n) is 6.69. The first-order chi connectivity index (χ1) is 19.0. The molecule has 0 aliphatic carbocycles. The van der Waals surface area contributed by atoms with Crippen LogP contribution in [0.3, 0.4) is 0 Å². The molecule has 3 rings (SSSR count). The number of unbranched alkanes of at least 4 members (excludes halogenated alkanes) is 2. The van der Waals surface area contributed by atoms with Crippen LogP contribution >= 0.6 is 11.3 Å². The maximum atomic E-state index is 13.3. The summed E-state index contributed by atoms with van der Waals surface area (Å²) in [4.78, 5) is 52.4. The molecule has 218 valence electrons. The molecular formula is C27H37N5O6S2. The lowest BCUT2D eigenvalue weighted by Crippen LogP contribution is -2.39. The Labute approximate surface area is 239 Å². The van der Waals surface area contributed by atoms with Gasteiger partial charge in [0.25, 0.3) is 11.8 Å². The fourth-order valence-corrected chi connectivity index (χ4v) is 7.13. The molecule has 1 aliphatic heterocycles. The predicted octanol–water partition coefficient (Wildman–Crippen LogP) is 3.57. The van der Waals surface area contributed by atoms with E-state index >= 15 is 0 Å². The first-order valence-electron chi connectivity index (χ1n) is 13.4. The highest BCUT2D eigenvalue weighted by atomic mass is 32.2. The minimum absolute atomic E-state index is 0.0982. The van der Waals surface area contributed by atoms with E-state index in [-0.39, 0.29) is 26.9 Å². The highest BCUT2D eigenvalue weighted by molar-refractivity contribution is 7.89. The zero-order valence-electron chi connectivity index (χ0n) is 23.3. The first kappa shape index (κ1) is 31.2. The summed E-state index contributed by atoms with van der Waals surface area (Å²) in [6.07, 6.45) is 3.66. The monoisotopic (exact) mass is 591 g/mol. The smallest absolute Gasteiger partial charge is 0.321 e. The van der Waals surface area contributed by atoms with Gasteiger partial charge in [0, 0.05) is 44.0 Å². The average molecular weight is 592 g/mol. The SMILES string of the molecule is CCCCN(CCCC)S(=O)(=O)c1ccc(C(=O)Nc2sc3c(c2C(=O)NC(=O)NC)CCN(C(C)=O)C3)cc1. The number of urea groups is 1. The Balaban J connectivity index is 1.87. The van der Waals surface area contributed by atoms with Gasteiger partial charge >= 0.3 is 6.03 Å². The van der Waals surface area contributed by atoms with Gasteiger partial charge in [-0.2, -0.15) is 4.31 Å². The second-order valence-corrected chi connectivity index (χ2v) is 12.6. The number of amides is 5. The molecule has 1 aliphatic rings. The molecule has 1 aromatic carbocycles. The highest BCUT2D eigenvalue weighted by Gasteiger charge is 2.30. The Kier molecular flexibility index (Phi) is 10.8. The van der Waals surface area contributed by atoms with Crippen molar-refractivity contribution in [3.63, 3.8) is 0 Å². The summed E-state index contributed by atoms with van der Waals surface area (Å²) in [5, 5.41) is 7.60. The van der Waals surface area contributed by atoms with Crippen LogP contribution in [-0.2, 0) is 27.8 Å². The zero-order chi connectivity index (χ0) is 29.4. The van der Waals surface area contributed by atoms with Crippen molar-refractivity contribution in [3.8, 4) is 0 Å². The predicted molar refractivity (Wildman–Crippen MR) is 154 cm³/mol. The minimum atomic E-state index is -3.71. The summed E-state index contributed by atoms with van der Waals surface area (Å²) in [6, 6.07) is 5.02. The summed E-state index contributed by atoms with van der Waals surface area (Å²) < 4.78 is 28.0. The Bertz CT molecular complexity index is 1350. The molecule has 0 fully saturated rings. The number of benzene rings is 1. The van der Waals surface area contributed by atoms with Crippen molar-refractivity contribution >= 4 is 50.1 Å². The van der Waals surface area contributed by atoms with Crippen LogP contribution in [0.15, 0.2) is 29.2 Å². The normalized spacial score (nSPS) is 13.1. The molecule has 2 heterocycles. The number of thiophene rings is 1. The first-order valence-corrected chi connectivity index (χ1v) is 15.6. The van der Waals surface area contributed by atoms with Crippen molar-refractivity contribution in [2.24, 2.45) is 0 Å². The molecule has 5 amide bonds. The van der Waals surface area contributed by atoms with E-state index in [9.17, 15) is 27.6 Å². The molecule has 11 nitrogen and oxygen atoms in total. The highest BCUT2D eigenvalue weighted by Crippen LogP contribution is 2.37. The number of imide groups is 1. The second kappa shape index (κ2) is 13.9.